The monoisotopic (exact) mass is 307 g/mol. The molecule has 1 N–H and O–H groups in total. The van der Waals surface area contributed by atoms with Gasteiger partial charge in [-0.1, -0.05) is 11.6 Å². The van der Waals surface area contributed by atoms with Gasteiger partial charge in [0.05, 0.1) is 11.0 Å². The van der Waals surface area contributed by atoms with Gasteiger partial charge < -0.3 is 4.55 Å². The van der Waals surface area contributed by atoms with Crippen LogP contribution in [0.1, 0.15) is 0 Å². The predicted octanol–water partition coefficient (Wildman–Crippen LogP) is 2.82. The number of halogens is 4. The van der Waals surface area contributed by atoms with Gasteiger partial charge in [-0.15, -0.1) is 3.77 Å². The Bertz CT molecular complexity index is 538. The molecule has 0 saturated carbocycles. The van der Waals surface area contributed by atoms with Crippen LogP contribution in [0.5, 0.6) is 0 Å². The zero-order valence-electron chi connectivity index (χ0n) is 7.85. The Kier molecular flexibility index (Phi) is 4.18. The van der Waals surface area contributed by atoms with E-state index >= 15 is 0 Å². The minimum absolute atomic E-state index is 0.0813. The summed E-state index contributed by atoms with van der Waals surface area (Å²) in [6.07, 6.45) is 0. The Balaban J connectivity index is 3.14. The van der Waals surface area contributed by atoms with Gasteiger partial charge in [0.25, 0.3) is 0 Å². The maximum absolute atomic E-state index is 12.0. The molecule has 0 saturated heterocycles. The zero-order valence-corrected chi connectivity index (χ0v) is 10.2. The molecule has 17 heavy (non-hydrogen) atoms. The number of alkyl halides is 3. The van der Waals surface area contributed by atoms with E-state index < -0.39 is 26.5 Å². The lowest BCUT2D eigenvalue weighted by molar-refractivity contribution is -0.0434. The largest absolute Gasteiger partial charge is 0.519 e. The van der Waals surface area contributed by atoms with E-state index in [4.69, 9.17) is 11.6 Å². The molecule has 0 aliphatic carbocycles. The summed E-state index contributed by atoms with van der Waals surface area (Å²) >= 11 is 5.51. The van der Waals surface area contributed by atoms with Crippen molar-refractivity contribution < 1.29 is 26.1 Å². The van der Waals surface area contributed by atoms with E-state index in [1.54, 1.807) is 0 Å². The molecule has 0 bridgehead atoms. The molecule has 4 nitrogen and oxygen atoms in total. The van der Waals surface area contributed by atoms with E-state index in [-0.39, 0.29) is 4.90 Å². The molecule has 0 aliphatic rings. The Morgan fingerprint density at radius 3 is 2.12 bits per heavy atom. The van der Waals surface area contributed by atoms with Crippen molar-refractivity contribution in [1.29, 1.82) is 0 Å². The van der Waals surface area contributed by atoms with Crippen molar-refractivity contribution in [3.8, 4) is 0 Å². The maximum Gasteiger partial charge on any atom is 0.519 e. The number of hydrogen-bond acceptors (Lipinski definition) is 2. The summed E-state index contributed by atoms with van der Waals surface area (Å²) in [7, 11) is -8.10. The number of sulfonamides is 1. The summed E-state index contributed by atoms with van der Waals surface area (Å²) in [6.45, 7) is 0. The van der Waals surface area contributed by atoms with E-state index in [9.17, 15) is 26.1 Å². The zero-order chi connectivity index (χ0) is 13.3. The summed E-state index contributed by atoms with van der Waals surface area (Å²) < 4.78 is 68.8. The first-order valence-electron chi connectivity index (χ1n) is 3.87. The fourth-order valence-electron chi connectivity index (χ4n) is 0.735. The van der Waals surface area contributed by atoms with Gasteiger partial charge in [0.2, 0.25) is 0 Å². The van der Waals surface area contributed by atoms with E-state index in [1.807, 2.05) is 0 Å². The van der Waals surface area contributed by atoms with Crippen molar-refractivity contribution in [3.63, 3.8) is 0 Å². The Morgan fingerprint density at radius 2 is 1.71 bits per heavy atom. The standard InChI is InChI=1S/C7H5ClF3NO3S2/c8-5-1-3-6(4-2-5)16(13)12-17(14,15)7(9,10)11/h1-4H,(H,12,13). The van der Waals surface area contributed by atoms with Crippen LogP contribution in [0, 0.1) is 0 Å². The van der Waals surface area contributed by atoms with Gasteiger partial charge in [0.15, 0.2) is 0 Å². The first-order valence-corrected chi connectivity index (χ1v) is 6.82. The van der Waals surface area contributed by atoms with Crippen LogP contribution in [0.15, 0.2) is 32.9 Å². The van der Waals surface area contributed by atoms with Gasteiger partial charge in [-0.05, 0) is 24.3 Å². The molecule has 0 fully saturated rings. The Labute approximate surface area is 102 Å². The van der Waals surface area contributed by atoms with Crippen LogP contribution in [0.3, 0.4) is 0 Å². The van der Waals surface area contributed by atoms with Crippen molar-refractivity contribution >= 4 is 32.6 Å². The molecule has 1 unspecified atom stereocenters. The molecule has 10 heteroatoms. The molecule has 0 radical (unpaired) electrons. The van der Waals surface area contributed by atoms with E-state index in [0.717, 1.165) is 0 Å². The van der Waals surface area contributed by atoms with Crippen LogP contribution in [0.4, 0.5) is 13.2 Å². The van der Waals surface area contributed by atoms with Gasteiger partial charge in [0.1, 0.15) is 0 Å². The lowest BCUT2D eigenvalue weighted by atomic mass is 10.4. The van der Waals surface area contributed by atoms with Crippen LogP contribution in [0.2, 0.25) is 5.02 Å². The SMILES string of the molecule is O=S(=O)(/N=S(\O)c1ccc(Cl)cc1)C(F)(F)F. The van der Waals surface area contributed by atoms with Crippen LogP contribution in [-0.4, -0.2) is 18.5 Å². The first kappa shape index (κ1) is 14.4. The molecule has 0 spiro atoms. The van der Waals surface area contributed by atoms with Gasteiger partial charge in [-0.2, -0.15) is 21.6 Å². The molecule has 0 aliphatic heterocycles. The first-order chi connectivity index (χ1) is 7.63. The summed E-state index contributed by atoms with van der Waals surface area (Å²) in [5.74, 6) is 0. The molecule has 1 atom stereocenters. The van der Waals surface area contributed by atoms with Crippen LogP contribution in [0.25, 0.3) is 0 Å². The molecule has 1 aromatic rings. The third kappa shape index (κ3) is 3.66. The quantitative estimate of drug-likeness (QED) is 0.913. The van der Waals surface area contributed by atoms with Crippen molar-refractivity contribution in [2.45, 2.75) is 10.4 Å². The summed E-state index contributed by atoms with van der Waals surface area (Å²) in [5.41, 5.74) is -5.52. The van der Waals surface area contributed by atoms with E-state index in [0.29, 0.717) is 5.02 Å². The third-order valence-corrected chi connectivity index (χ3v) is 4.37. The smallest absolute Gasteiger partial charge is 0.317 e. The van der Waals surface area contributed by atoms with Crippen molar-refractivity contribution in [3.05, 3.63) is 29.3 Å². The van der Waals surface area contributed by atoms with Gasteiger partial charge in [-0.3, -0.25) is 0 Å². The number of rotatable bonds is 2. The predicted molar refractivity (Wildman–Crippen MR) is 57.1 cm³/mol. The molecule has 0 heterocycles. The fourth-order valence-corrected chi connectivity index (χ4v) is 2.67. The Morgan fingerprint density at radius 1 is 1.24 bits per heavy atom. The van der Waals surface area contributed by atoms with Gasteiger partial charge in [0, 0.05) is 9.92 Å². The normalized spacial score (nSPS) is 14.9. The number of nitrogens with zero attached hydrogens (tertiary/aromatic N) is 1. The lowest BCUT2D eigenvalue weighted by Gasteiger charge is -2.04. The molecule has 96 valence electrons. The second kappa shape index (κ2) is 4.92. The highest BCUT2D eigenvalue weighted by Crippen LogP contribution is 2.26. The highest BCUT2D eigenvalue weighted by atomic mass is 35.5. The Hall–Kier alpha value is -0.640. The summed E-state index contributed by atoms with van der Waals surface area (Å²) in [6, 6.07) is 4.95. The second-order valence-electron chi connectivity index (χ2n) is 2.71. The van der Waals surface area contributed by atoms with Gasteiger partial charge >= 0.3 is 15.5 Å². The minimum Gasteiger partial charge on any atom is -0.317 e. The molecule has 1 rings (SSSR count). The molecule has 0 amide bonds. The molecule has 1 aromatic carbocycles. The average Bonchev–Trinajstić information content (AvgIpc) is 2.16. The highest BCUT2D eigenvalue weighted by molar-refractivity contribution is 7.98. The fraction of sp³-hybridized carbons (Fsp3) is 0.143. The van der Waals surface area contributed by atoms with E-state index in [2.05, 4.69) is 3.77 Å². The lowest BCUT2D eigenvalue weighted by Crippen LogP contribution is -2.21. The van der Waals surface area contributed by atoms with Crippen LogP contribution >= 0.6 is 11.6 Å². The van der Waals surface area contributed by atoms with Crippen molar-refractivity contribution in [2.24, 2.45) is 3.77 Å². The number of benzene rings is 1. The van der Waals surface area contributed by atoms with Crippen LogP contribution < -0.4 is 0 Å². The topological polar surface area (TPSA) is 66.7 Å². The van der Waals surface area contributed by atoms with Crippen LogP contribution in [-0.2, 0) is 21.0 Å². The maximum atomic E-state index is 12.0. The number of hydrogen-bond donors (Lipinski definition) is 1. The van der Waals surface area contributed by atoms with E-state index in [1.165, 1.54) is 24.3 Å². The highest BCUT2D eigenvalue weighted by Gasteiger charge is 2.46. The molecular formula is C7H5ClF3NO3S2. The average molecular weight is 308 g/mol. The van der Waals surface area contributed by atoms with Gasteiger partial charge in [-0.25, -0.2) is 0 Å². The van der Waals surface area contributed by atoms with Crippen molar-refractivity contribution in [2.75, 3.05) is 0 Å². The molecular weight excluding hydrogens is 303 g/mol. The summed E-state index contributed by atoms with van der Waals surface area (Å²) in [5, 5.41) is 0.296. The summed E-state index contributed by atoms with van der Waals surface area (Å²) in [4.78, 5) is -0.0813. The van der Waals surface area contributed by atoms with Crippen molar-refractivity contribution in [1.82, 2.24) is 0 Å². The second-order valence-corrected chi connectivity index (χ2v) is 6.16. The molecule has 0 aromatic heterocycles. The minimum atomic E-state index is -5.70. The third-order valence-electron chi connectivity index (χ3n) is 1.49.